The fourth-order valence-corrected chi connectivity index (χ4v) is 2.42. The molecule has 1 fully saturated rings. The lowest BCUT2D eigenvalue weighted by Gasteiger charge is -2.37. The molecule has 1 saturated carbocycles. The summed E-state index contributed by atoms with van der Waals surface area (Å²) in [6.45, 7) is 1.80. The van der Waals surface area contributed by atoms with Gasteiger partial charge in [0.1, 0.15) is 0 Å². The van der Waals surface area contributed by atoms with E-state index in [1.165, 1.54) is 5.56 Å². The molecular formula is C15H19NO2. The van der Waals surface area contributed by atoms with Crippen LogP contribution in [0.1, 0.15) is 43.7 Å². The molecule has 0 spiro atoms. The Balaban J connectivity index is 2.09. The van der Waals surface area contributed by atoms with Crippen molar-refractivity contribution in [3.8, 4) is 0 Å². The van der Waals surface area contributed by atoms with E-state index in [1.807, 2.05) is 0 Å². The molecule has 1 N–H and O–H groups in total. The lowest BCUT2D eigenvalue weighted by molar-refractivity contribution is 0.185. The van der Waals surface area contributed by atoms with Crippen LogP contribution in [-0.2, 0) is 16.8 Å². The molecule has 0 saturated heterocycles. The van der Waals surface area contributed by atoms with Crippen LogP contribution in [-0.4, -0.2) is 17.3 Å². The van der Waals surface area contributed by atoms with E-state index in [-0.39, 0.29) is 11.6 Å². The lowest BCUT2D eigenvalue weighted by Crippen LogP contribution is -2.31. The number of isocyanates is 1. The van der Waals surface area contributed by atoms with Crippen LogP contribution in [0, 0.1) is 0 Å². The van der Waals surface area contributed by atoms with E-state index in [0.29, 0.717) is 0 Å². The van der Waals surface area contributed by atoms with Crippen molar-refractivity contribution >= 4 is 6.08 Å². The van der Waals surface area contributed by atoms with Crippen LogP contribution in [0.15, 0.2) is 29.3 Å². The summed E-state index contributed by atoms with van der Waals surface area (Å²) >= 11 is 0. The molecule has 0 aromatic heterocycles. The predicted molar refractivity (Wildman–Crippen MR) is 70.1 cm³/mol. The van der Waals surface area contributed by atoms with Gasteiger partial charge >= 0.3 is 0 Å². The second-order valence-electron chi connectivity index (χ2n) is 5.17. The van der Waals surface area contributed by atoms with E-state index < -0.39 is 0 Å². The molecule has 3 nitrogen and oxygen atoms in total. The summed E-state index contributed by atoms with van der Waals surface area (Å²) in [6.07, 6.45) is 6.10. The van der Waals surface area contributed by atoms with Gasteiger partial charge in [-0.15, -0.1) is 0 Å². The minimum atomic E-state index is -0.301. The second kappa shape index (κ2) is 5.47. The third kappa shape index (κ3) is 2.69. The third-order valence-corrected chi connectivity index (χ3v) is 3.78. The van der Waals surface area contributed by atoms with Crippen molar-refractivity contribution in [2.75, 3.05) is 0 Å². The van der Waals surface area contributed by atoms with Gasteiger partial charge in [-0.1, -0.05) is 24.3 Å². The summed E-state index contributed by atoms with van der Waals surface area (Å²) in [7, 11) is 0. The highest BCUT2D eigenvalue weighted by Gasteiger charge is 2.38. The lowest BCUT2D eigenvalue weighted by atomic mass is 9.72. The average Bonchev–Trinajstić information content (AvgIpc) is 2.32. The standard InChI is InChI=1S/C15H19NO2/c1-12(18)3-4-13-5-7-14(8-6-13)15(16-11-17)9-2-10-15/h5-8,12,18H,2-4,9-10H2,1H3. The smallest absolute Gasteiger partial charge is 0.235 e. The summed E-state index contributed by atoms with van der Waals surface area (Å²) in [5.41, 5.74) is 2.02. The molecule has 1 aliphatic rings. The molecule has 0 radical (unpaired) electrons. The zero-order valence-corrected chi connectivity index (χ0v) is 10.7. The number of aliphatic hydroxyl groups excluding tert-OH is 1. The van der Waals surface area contributed by atoms with Crippen LogP contribution in [0.5, 0.6) is 0 Å². The Kier molecular flexibility index (Phi) is 3.95. The maximum Gasteiger partial charge on any atom is 0.235 e. The topological polar surface area (TPSA) is 49.7 Å². The Morgan fingerprint density at radius 3 is 2.50 bits per heavy atom. The summed E-state index contributed by atoms with van der Waals surface area (Å²) < 4.78 is 0. The van der Waals surface area contributed by atoms with E-state index in [0.717, 1.165) is 37.7 Å². The molecule has 3 heteroatoms. The summed E-state index contributed by atoms with van der Waals surface area (Å²) in [6, 6.07) is 8.24. The predicted octanol–water partition coefficient (Wildman–Crippen LogP) is 2.72. The van der Waals surface area contributed by atoms with E-state index in [9.17, 15) is 9.90 Å². The van der Waals surface area contributed by atoms with Crippen LogP contribution in [0.3, 0.4) is 0 Å². The van der Waals surface area contributed by atoms with E-state index in [1.54, 1.807) is 13.0 Å². The van der Waals surface area contributed by atoms with E-state index >= 15 is 0 Å². The maximum absolute atomic E-state index is 10.5. The highest BCUT2D eigenvalue weighted by Crippen LogP contribution is 2.44. The molecule has 0 aliphatic heterocycles. The minimum absolute atomic E-state index is 0.262. The van der Waals surface area contributed by atoms with Crippen molar-refractivity contribution in [3.05, 3.63) is 35.4 Å². The summed E-state index contributed by atoms with van der Waals surface area (Å²) in [5.74, 6) is 0. The Bertz CT molecular complexity index is 440. The van der Waals surface area contributed by atoms with Crippen LogP contribution < -0.4 is 0 Å². The van der Waals surface area contributed by atoms with Gasteiger partial charge < -0.3 is 5.11 Å². The molecule has 18 heavy (non-hydrogen) atoms. The van der Waals surface area contributed by atoms with Crippen molar-refractivity contribution in [3.63, 3.8) is 0 Å². The number of benzene rings is 1. The molecule has 96 valence electrons. The molecule has 0 heterocycles. The van der Waals surface area contributed by atoms with Gasteiger partial charge in [-0.3, -0.25) is 0 Å². The zero-order chi connectivity index (χ0) is 13.0. The average molecular weight is 245 g/mol. The zero-order valence-electron chi connectivity index (χ0n) is 10.7. The monoisotopic (exact) mass is 245 g/mol. The van der Waals surface area contributed by atoms with Crippen molar-refractivity contribution in [1.82, 2.24) is 0 Å². The van der Waals surface area contributed by atoms with Crippen LogP contribution >= 0.6 is 0 Å². The first-order valence-electron chi connectivity index (χ1n) is 6.53. The molecule has 1 atom stereocenters. The van der Waals surface area contributed by atoms with Crippen LogP contribution in [0.25, 0.3) is 0 Å². The number of hydrogen-bond donors (Lipinski definition) is 1. The van der Waals surface area contributed by atoms with Crippen molar-refractivity contribution in [2.24, 2.45) is 4.99 Å². The highest BCUT2D eigenvalue weighted by molar-refractivity contribution is 5.40. The van der Waals surface area contributed by atoms with Gasteiger partial charge in [-0.25, -0.2) is 4.79 Å². The number of carbonyl (C=O) groups excluding carboxylic acids is 1. The van der Waals surface area contributed by atoms with Crippen molar-refractivity contribution < 1.29 is 9.90 Å². The number of rotatable bonds is 5. The molecule has 1 aromatic carbocycles. The molecule has 1 aromatic rings. The first-order valence-corrected chi connectivity index (χ1v) is 6.53. The van der Waals surface area contributed by atoms with E-state index in [2.05, 4.69) is 29.3 Å². The van der Waals surface area contributed by atoms with Crippen molar-refractivity contribution in [1.29, 1.82) is 0 Å². The van der Waals surface area contributed by atoms with Gasteiger partial charge in [0.15, 0.2) is 0 Å². The Labute approximate surface area is 108 Å². The maximum atomic E-state index is 10.5. The largest absolute Gasteiger partial charge is 0.393 e. The Hall–Kier alpha value is -1.44. The number of aryl methyl sites for hydroxylation is 1. The summed E-state index contributed by atoms with van der Waals surface area (Å²) in [5, 5.41) is 9.26. The van der Waals surface area contributed by atoms with Gasteiger partial charge in [-0.2, -0.15) is 4.99 Å². The highest BCUT2D eigenvalue weighted by atomic mass is 16.3. The Morgan fingerprint density at radius 2 is 2.06 bits per heavy atom. The first kappa shape index (κ1) is 13.0. The minimum Gasteiger partial charge on any atom is -0.393 e. The quantitative estimate of drug-likeness (QED) is 0.640. The molecule has 0 bridgehead atoms. The number of aliphatic hydroxyl groups is 1. The molecule has 1 unspecified atom stereocenters. The van der Waals surface area contributed by atoms with Crippen molar-refractivity contribution in [2.45, 2.75) is 50.7 Å². The van der Waals surface area contributed by atoms with Gasteiger partial charge in [-0.05, 0) is 50.2 Å². The fraction of sp³-hybridized carbons (Fsp3) is 0.533. The first-order chi connectivity index (χ1) is 8.66. The summed E-state index contributed by atoms with van der Waals surface area (Å²) in [4.78, 5) is 14.5. The third-order valence-electron chi connectivity index (χ3n) is 3.78. The van der Waals surface area contributed by atoms with Crippen LogP contribution in [0.4, 0.5) is 0 Å². The number of nitrogens with zero attached hydrogens (tertiary/aromatic N) is 1. The van der Waals surface area contributed by atoms with Gasteiger partial charge in [0.05, 0.1) is 11.6 Å². The normalized spacial score (nSPS) is 18.6. The SMILES string of the molecule is CC(O)CCc1ccc(C2(N=C=O)CCC2)cc1. The second-order valence-corrected chi connectivity index (χ2v) is 5.17. The number of hydrogen-bond acceptors (Lipinski definition) is 3. The molecule has 2 rings (SSSR count). The van der Waals surface area contributed by atoms with E-state index in [4.69, 9.17) is 0 Å². The van der Waals surface area contributed by atoms with Crippen LogP contribution in [0.2, 0.25) is 0 Å². The molecular weight excluding hydrogens is 226 g/mol. The molecule has 1 aliphatic carbocycles. The van der Waals surface area contributed by atoms with Gasteiger partial charge in [0.25, 0.3) is 0 Å². The number of aliphatic imine (C=N–C) groups is 1. The molecule has 0 amide bonds. The Morgan fingerprint density at radius 1 is 1.39 bits per heavy atom. The fourth-order valence-electron chi connectivity index (χ4n) is 2.42. The van der Waals surface area contributed by atoms with Gasteiger partial charge in [0, 0.05) is 0 Å². The van der Waals surface area contributed by atoms with Gasteiger partial charge in [0.2, 0.25) is 6.08 Å².